The molecule has 10 heteroatoms. The first kappa shape index (κ1) is 28.0. The predicted octanol–water partition coefficient (Wildman–Crippen LogP) is 5.34. The minimum Gasteiger partial charge on any atom is -0.302 e. The number of likely N-dealkylation sites (N-methyl/N-ethyl adjacent to an activating group) is 1. The first-order valence-corrected chi connectivity index (χ1v) is 15.4. The molecular weight excluding hydrogens is 528 g/mol. The number of piperidine rings is 1. The summed E-state index contributed by atoms with van der Waals surface area (Å²) < 4.78 is 28.8. The first-order chi connectivity index (χ1) is 17.6. The minimum atomic E-state index is -3.58. The van der Waals surface area contributed by atoms with Crippen LogP contribution in [0.5, 0.6) is 0 Å². The Morgan fingerprint density at radius 1 is 1.05 bits per heavy atom. The third-order valence-corrected chi connectivity index (χ3v) is 10.6. The largest absolute Gasteiger partial charge is 0.302 e. The number of fused-ring (bicyclic) bond motifs is 1. The zero-order chi connectivity index (χ0) is 26.7. The lowest BCUT2D eigenvalue weighted by Crippen LogP contribution is -2.46. The zero-order valence-electron chi connectivity index (χ0n) is 21.9. The second kappa shape index (κ2) is 11.8. The molecule has 0 aliphatic carbocycles. The summed E-state index contributed by atoms with van der Waals surface area (Å²) in [6, 6.07) is 10.7. The van der Waals surface area contributed by atoms with Crippen LogP contribution in [0.3, 0.4) is 0 Å². The molecule has 0 atom stereocenters. The highest BCUT2D eigenvalue weighted by Gasteiger charge is 2.35. The van der Waals surface area contributed by atoms with Gasteiger partial charge in [-0.15, -0.1) is 0 Å². The lowest BCUT2D eigenvalue weighted by atomic mass is 9.96. The molecule has 0 spiro atoms. The van der Waals surface area contributed by atoms with E-state index in [9.17, 15) is 13.2 Å². The molecule has 0 bridgehead atoms. The van der Waals surface area contributed by atoms with Crippen LogP contribution in [0.25, 0.3) is 10.2 Å². The van der Waals surface area contributed by atoms with Crippen molar-refractivity contribution in [3.05, 3.63) is 52.5 Å². The molecule has 37 heavy (non-hydrogen) atoms. The van der Waals surface area contributed by atoms with Gasteiger partial charge in [0.05, 0.1) is 15.1 Å². The van der Waals surface area contributed by atoms with Gasteiger partial charge in [-0.2, -0.15) is 4.31 Å². The van der Waals surface area contributed by atoms with Crippen molar-refractivity contribution in [2.24, 2.45) is 5.92 Å². The van der Waals surface area contributed by atoms with E-state index in [1.165, 1.54) is 15.6 Å². The van der Waals surface area contributed by atoms with Gasteiger partial charge in [0.25, 0.3) is 0 Å². The van der Waals surface area contributed by atoms with Gasteiger partial charge in [-0.25, -0.2) is 13.4 Å². The number of hydrogen-bond donors (Lipinski definition) is 0. The van der Waals surface area contributed by atoms with Crippen LogP contribution >= 0.6 is 22.9 Å². The van der Waals surface area contributed by atoms with Crippen molar-refractivity contribution in [1.29, 1.82) is 0 Å². The normalized spacial score (nSPS) is 15.5. The molecule has 0 N–H and O–H groups in total. The molecule has 2 heterocycles. The van der Waals surface area contributed by atoms with Crippen molar-refractivity contribution in [1.82, 2.24) is 14.2 Å². The van der Waals surface area contributed by atoms with Crippen LogP contribution in [0.2, 0.25) is 5.02 Å². The summed E-state index contributed by atoms with van der Waals surface area (Å²) in [5.41, 5.74) is 2.75. The third-order valence-electron chi connectivity index (χ3n) is 7.23. The van der Waals surface area contributed by atoms with Gasteiger partial charge in [-0.3, -0.25) is 9.69 Å². The lowest BCUT2D eigenvalue weighted by Gasteiger charge is -2.33. The van der Waals surface area contributed by atoms with Gasteiger partial charge in [0.1, 0.15) is 0 Å². The zero-order valence-corrected chi connectivity index (χ0v) is 24.3. The Kier molecular flexibility index (Phi) is 8.91. The molecule has 1 aliphatic heterocycles. The Hall–Kier alpha value is -2.04. The number of carbonyl (C=O) groups is 1. The Morgan fingerprint density at radius 3 is 2.32 bits per heavy atom. The quantitative estimate of drug-likeness (QED) is 0.352. The van der Waals surface area contributed by atoms with Crippen LogP contribution < -0.4 is 4.90 Å². The number of sulfonamides is 1. The number of aryl methyl sites for hydroxylation is 2. The Bertz CT molecular complexity index is 1350. The SMILES string of the molecule is CCN(CC)CCN(C(=O)C1CCN(S(=O)(=O)c2ccc(C)cc2)CC1)c1nc2c(C)c(Cl)ccc2s1. The van der Waals surface area contributed by atoms with E-state index in [2.05, 4.69) is 18.7 Å². The summed E-state index contributed by atoms with van der Waals surface area (Å²) in [6.45, 7) is 11.8. The number of halogens is 1. The average molecular weight is 563 g/mol. The minimum absolute atomic E-state index is 0.0161. The van der Waals surface area contributed by atoms with Crippen LogP contribution in [-0.2, 0) is 14.8 Å². The van der Waals surface area contributed by atoms with Gasteiger partial charge in [-0.05, 0) is 69.6 Å². The number of benzene rings is 2. The van der Waals surface area contributed by atoms with Crippen molar-refractivity contribution >= 4 is 54.2 Å². The highest BCUT2D eigenvalue weighted by Crippen LogP contribution is 2.35. The van der Waals surface area contributed by atoms with Crippen molar-refractivity contribution in [3.63, 3.8) is 0 Å². The predicted molar refractivity (Wildman–Crippen MR) is 152 cm³/mol. The number of thiazole rings is 1. The first-order valence-electron chi connectivity index (χ1n) is 12.8. The number of anilines is 1. The maximum absolute atomic E-state index is 13.9. The van der Waals surface area contributed by atoms with Crippen molar-refractivity contribution < 1.29 is 13.2 Å². The van der Waals surface area contributed by atoms with Crippen LogP contribution in [0, 0.1) is 19.8 Å². The summed E-state index contributed by atoms with van der Waals surface area (Å²) >= 11 is 7.83. The Balaban J connectivity index is 1.54. The van der Waals surface area contributed by atoms with Crippen molar-refractivity contribution in [3.8, 4) is 0 Å². The average Bonchev–Trinajstić information content (AvgIpc) is 3.33. The Morgan fingerprint density at radius 2 is 1.70 bits per heavy atom. The topological polar surface area (TPSA) is 73.8 Å². The number of aromatic nitrogens is 1. The van der Waals surface area contributed by atoms with E-state index in [1.54, 1.807) is 12.1 Å². The van der Waals surface area contributed by atoms with Crippen LogP contribution in [0.4, 0.5) is 5.13 Å². The monoisotopic (exact) mass is 562 g/mol. The van der Waals surface area contributed by atoms with E-state index in [4.69, 9.17) is 16.6 Å². The summed E-state index contributed by atoms with van der Waals surface area (Å²) in [5.74, 6) is -0.236. The molecule has 2 aromatic carbocycles. The fourth-order valence-corrected chi connectivity index (χ4v) is 7.39. The maximum atomic E-state index is 13.9. The van der Waals surface area contributed by atoms with E-state index < -0.39 is 10.0 Å². The number of nitrogens with zero attached hydrogens (tertiary/aromatic N) is 4. The number of amides is 1. The molecule has 0 unspecified atom stereocenters. The molecule has 1 saturated heterocycles. The lowest BCUT2D eigenvalue weighted by molar-refractivity contribution is -0.123. The van der Waals surface area contributed by atoms with E-state index in [-0.39, 0.29) is 11.8 Å². The summed E-state index contributed by atoms with van der Waals surface area (Å²) in [5, 5.41) is 1.33. The van der Waals surface area contributed by atoms with Gasteiger partial charge < -0.3 is 4.90 Å². The molecular formula is C27H35ClN4O3S2. The van der Waals surface area contributed by atoms with E-state index in [1.807, 2.05) is 43.0 Å². The fourth-order valence-electron chi connectivity index (χ4n) is 4.71. The second-order valence-electron chi connectivity index (χ2n) is 9.52. The fraction of sp³-hybridized carbons (Fsp3) is 0.481. The molecule has 1 fully saturated rings. The van der Waals surface area contributed by atoms with E-state index in [0.29, 0.717) is 47.5 Å². The van der Waals surface area contributed by atoms with Gasteiger partial charge in [-0.1, -0.05) is 54.5 Å². The van der Waals surface area contributed by atoms with Crippen molar-refractivity contribution in [2.75, 3.05) is 44.2 Å². The molecule has 7 nitrogen and oxygen atoms in total. The molecule has 200 valence electrons. The maximum Gasteiger partial charge on any atom is 0.243 e. The molecule has 1 amide bonds. The van der Waals surface area contributed by atoms with Gasteiger partial charge in [0, 0.05) is 37.1 Å². The van der Waals surface area contributed by atoms with Gasteiger partial charge in [0.2, 0.25) is 15.9 Å². The molecule has 4 rings (SSSR count). The van der Waals surface area contributed by atoms with E-state index >= 15 is 0 Å². The molecule has 0 saturated carbocycles. The molecule has 1 aromatic heterocycles. The number of carbonyl (C=O) groups excluding carboxylic acids is 1. The number of hydrogen-bond acceptors (Lipinski definition) is 6. The Labute approximate surface area is 229 Å². The smallest absolute Gasteiger partial charge is 0.243 e. The highest BCUT2D eigenvalue weighted by atomic mass is 35.5. The molecule has 1 aliphatic rings. The molecule has 3 aromatic rings. The second-order valence-corrected chi connectivity index (χ2v) is 12.9. The standard InChI is InChI=1S/C27H35ClN4O3S2/c1-5-30(6-2)17-18-32(27-29-25-20(4)23(28)11-12-24(25)36-27)26(33)21-13-15-31(16-14-21)37(34,35)22-9-7-19(3)8-10-22/h7-12,21H,5-6,13-18H2,1-4H3. The van der Waals surface area contributed by atoms with Gasteiger partial charge >= 0.3 is 0 Å². The molecule has 0 radical (unpaired) electrons. The van der Waals surface area contributed by atoms with Crippen LogP contribution in [0.1, 0.15) is 37.8 Å². The van der Waals surface area contributed by atoms with E-state index in [0.717, 1.165) is 41.0 Å². The summed E-state index contributed by atoms with van der Waals surface area (Å²) in [4.78, 5) is 23.1. The van der Waals surface area contributed by atoms with Crippen molar-refractivity contribution in [2.45, 2.75) is 45.4 Å². The third kappa shape index (κ3) is 6.01. The van der Waals surface area contributed by atoms with Crippen LogP contribution in [0.15, 0.2) is 41.3 Å². The summed E-state index contributed by atoms with van der Waals surface area (Å²) in [7, 11) is -3.58. The van der Waals surface area contributed by atoms with Crippen LogP contribution in [-0.4, -0.2) is 67.8 Å². The number of rotatable bonds is 9. The van der Waals surface area contributed by atoms with Gasteiger partial charge in [0.15, 0.2) is 5.13 Å². The highest BCUT2D eigenvalue weighted by molar-refractivity contribution is 7.89. The summed E-state index contributed by atoms with van der Waals surface area (Å²) in [6.07, 6.45) is 0.975.